The van der Waals surface area contributed by atoms with Gasteiger partial charge in [-0.3, -0.25) is 4.79 Å². The quantitative estimate of drug-likeness (QED) is 0.259. The minimum Gasteiger partial charge on any atom is -0.393 e. The van der Waals surface area contributed by atoms with Crippen LogP contribution in [-0.4, -0.2) is 61.6 Å². The molecule has 9 nitrogen and oxygen atoms in total. The van der Waals surface area contributed by atoms with Crippen molar-refractivity contribution in [2.24, 2.45) is 11.3 Å². The molecule has 10 heteroatoms. The number of H-pyrrole nitrogens is 1. The summed E-state index contributed by atoms with van der Waals surface area (Å²) in [7, 11) is 0. The third-order valence-electron chi connectivity index (χ3n) is 9.10. The first-order valence-corrected chi connectivity index (χ1v) is 16.0. The van der Waals surface area contributed by atoms with Gasteiger partial charge < -0.3 is 20.3 Å². The zero-order chi connectivity index (χ0) is 30.1. The molecule has 224 valence electrons. The second-order valence-electron chi connectivity index (χ2n) is 13.0. The van der Waals surface area contributed by atoms with Gasteiger partial charge in [0.2, 0.25) is 0 Å². The minimum atomic E-state index is -0.233. The van der Waals surface area contributed by atoms with Crippen LogP contribution in [0.5, 0.6) is 0 Å². The fourth-order valence-electron chi connectivity index (χ4n) is 6.32. The molecule has 1 fully saturated rings. The number of pyridine rings is 1. The van der Waals surface area contributed by atoms with Gasteiger partial charge in [0.15, 0.2) is 5.01 Å². The van der Waals surface area contributed by atoms with Crippen molar-refractivity contribution in [2.75, 3.05) is 19.6 Å². The molecule has 3 N–H and O–H groups in total. The number of rotatable bonds is 7. The van der Waals surface area contributed by atoms with Gasteiger partial charge in [0.25, 0.3) is 5.91 Å². The summed E-state index contributed by atoms with van der Waals surface area (Å²) < 4.78 is 0. The van der Waals surface area contributed by atoms with Gasteiger partial charge in [0.1, 0.15) is 27.8 Å². The van der Waals surface area contributed by atoms with E-state index in [1.165, 1.54) is 23.2 Å². The van der Waals surface area contributed by atoms with Gasteiger partial charge in [-0.2, -0.15) is 5.26 Å². The molecule has 2 aliphatic rings. The highest BCUT2D eigenvalue weighted by Gasteiger charge is 2.30. The van der Waals surface area contributed by atoms with Gasteiger partial charge in [-0.1, -0.05) is 56.4 Å². The third-order valence-corrected chi connectivity index (χ3v) is 10.1. The van der Waals surface area contributed by atoms with E-state index in [1.807, 2.05) is 24.3 Å². The number of likely N-dealkylation sites (tertiary alicyclic amines) is 1. The molecule has 1 amide bonds. The molecule has 4 heterocycles. The summed E-state index contributed by atoms with van der Waals surface area (Å²) in [5.41, 5.74) is 6.30. The van der Waals surface area contributed by atoms with Crippen molar-refractivity contribution in [3.05, 3.63) is 64.2 Å². The van der Waals surface area contributed by atoms with Crippen LogP contribution in [-0.2, 0) is 12.8 Å². The Hall–Kier alpha value is -3.65. The number of hydrogen-bond acceptors (Lipinski definition) is 8. The lowest BCUT2D eigenvalue weighted by Crippen LogP contribution is -2.38. The van der Waals surface area contributed by atoms with E-state index in [1.54, 1.807) is 0 Å². The van der Waals surface area contributed by atoms with Crippen LogP contribution < -0.4 is 5.32 Å². The maximum absolute atomic E-state index is 13.6. The van der Waals surface area contributed by atoms with Crippen LogP contribution in [0, 0.1) is 22.7 Å². The molecule has 0 radical (unpaired) electrons. The first kappa shape index (κ1) is 29.4. The van der Waals surface area contributed by atoms with E-state index >= 15 is 0 Å². The van der Waals surface area contributed by atoms with Crippen LogP contribution in [0.15, 0.2) is 36.7 Å². The summed E-state index contributed by atoms with van der Waals surface area (Å²) in [6.45, 7) is 9.42. The molecule has 1 unspecified atom stereocenters. The SMILES string of the molecule is CC(C)(C)[C@H]1CCc2nc3sc(C(=O)NC(CCN4CCC(O)CC4)c4ccc(-c5nc[nH]c5C#N)cc4)nc3cc2C1. The zero-order valence-corrected chi connectivity index (χ0v) is 25.9. The number of benzene rings is 1. The molecule has 1 saturated heterocycles. The highest BCUT2D eigenvalue weighted by molar-refractivity contribution is 7.19. The highest BCUT2D eigenvalue weighted by Crippen LogP contribution is 2.38. The van der Waals surface area contributed by atoms with Crippen molar-refractivity contribution < 1.29 is 9.90 Å². The predicted octanol–water partition coefficient (Wildman–Crippen LogP) is 5.42. The number of thiazole rings is 1. The number of aryl methyl sites for hydroxylation is 1. The van der Waals surface area contributed by atoms with Crippen LogP contribution in [0.25, 0.3) is 21.6 Å². The number of amides is 1. The lowest BCUT2D eigenvalue weighted by Gasteiger charge is -2.34. The van der Waals surface area contributed by atoms with Gasteiger partial charge in [-0.05, 0) is 67.1 Å². The van der Waals surface area contributed by atoms with Crippen molar-refractivity contribution in [2.45, 2.75) is 71.4 Å². The maximum atomic E-state index is 13.6. The first-order valence-electron chi connectivity index (χ1n) is 15.2. The topological polar surface area (TPSA) is 131 Å². The standard InChI is InChI=1S/C33H39N7O2S/c1-33(2,3)23-8-9-25-22(16-23)17-27-31(38-25)43-32(39-27)30(42)37-26(12-15-40-13-10-24(41)11-14-40)20-4-6-21(7-5-20)29-28(18-34)35-19-36-29/h4-7,17,19,23-24,26,41H,8-16H2,1-3H3,(H,35,36)(H,37,42)/t23-,26?/m0/s1. The molecular weight excluding hydrogens is 558 g/mol. The maximum Gasteiger partial charge on any atom is 0.280 e. The lowest BCUT2D eigenvalue weighted by molar-refractivity contribution is 0.0795. The largest absolute Gasteiger partial charge is 0.393 e. The molecule has 43 heavy (non-hydrogen) atoms. The van der Waals surface area contributed by atoms with Crippen LogP contribution >= 0.6 is 11.3 Å². The molecule has 0 bridgehead atoms. The lowest BCUT2D eigenvalue weighted by atomic mass is 9.71. The second-order valence-corrected chi connectivity index (χ2v) is 14.0. The summed E-state index contributed by atoms with van der Waals surface area (Å²) in [4.78, 5) is 33.7. The number of carbonyl (C=O) groups is 1. The van der Waals surface area contributed by atoms with Crippen molar-refractivity contribution in [1.29, 1.82) is 5.26 Å². The fraction of sp³-hybridized carbons (Fsp3) is 0.485. The Balaban J connectivity index is 1.22. The number of hydrogen-bond donors (Lipinski definition) is 3. The van der Waals surface area contributed by atoms with Crippen LogP contribution in [0.4, 0.5) is 0 Å². The molecular formula is C33H39N7O2S. The number of nitrogens with one attached hydrogen (secondary N) is 2. The van der Waals surface area contributed by atoms with Gasteiger partial charge in [0.05, 0.1) is 18.5 Å². The van der Waals surface area contributed by atoms with Gasteiger partial charge in [-0.25, -0.2) is 15.0 Å². The Morgan fingerprint density at radius 2 is 1.98 bits per heavy atom. The number of aromatic nitrogens is 4. The average Bonchev–Trinajstić information content (AvgIpc) is 3.65. The predicted molar refractivity (Wildman–Crippen MR) is 168 cm³/mol. The molecule has 1 aliphatic carbocycles. The summed E-state index contributed by atoms with van der Waals surface area (Å²) in [6.07, 6.45) is 6.66. The van der Waals surface area contributed by atoms with Crippen molar-refractivity contribution in [3.8, 4) is 17.3 Å². The Kier molecular flexibility index (Phi) is 8.32. The Bertz CT molecular complexity index is 1640. The fourth-order valence-corrected chi connectivity index (χ4v) is 7.16. The number of nitrogens with zero attached hydrogens (tertiary/aromatic N) is 5. The number of aliphatic hydroxyl groups excluding tert-OH is 1. The smallest absolute Gasteiger partial charge is 0.280 e. The molecule has 1 aromatic carbocycles. The van der Waals surface area contributed by atoms with Crippen LogP contribution in [0.1, 0.15) is 84.8 Å². The second kappa shape index (κ2) is 12.2. The van der Waals surface area contributed by atoms with Crippen molar-refractivity contribution in [1.82, 2.24) is 30.2 Å². The van der Waals surface area contributed by atoms with E-state index < -0.39 is 0 Å². The van der Waals surface area contributed by atoms with E-state index in [9.17, 15) is 15.2 Å². The number of carbonyl (C=O) groups excluding carboxylic acids is 1. The molecule has 3 aromatic heterocycles. The monoisotopic (exact) mass is 597 g/mol. The first-order chi connectivity index (χ1) is 20.7. The molecule has 2 atom stereocenters. The van der Waals surface area contributed by atoms with Crippen molar-refractivity contribution >= 4 is 27.6 Å². The van der Waals surface area contributed by atoms with E-state index in [4.69, 9.17) is 9.97 Å². The molecule has 4 aromatic rings. The summed E-state index contributed by atoms with van der Waals surface area (Å²) in [6, 6.07) is 11.9. The molecule has 0 spiro atoms. The molecule has 1 aliphatic heterocycles. The van der Waals surface area contributed by atoms with Crippen LogP contribution in [0.3, 0.4) is 0 Å². The number of nitriles is 1. The molecule has 0 saturated carbocycles. The van der Waals surface area contributed by atoms with E-state index in [0.29, 0.717) is 22.3 Å². The third kappa shape index (κ3) is 6.49. The normalized spacial score (nSPS) is 18.7. The van der Waals surface area contributed by atoms with Crippen LogP contribution in [0.2, 0.25) is 0 Å². The molecule has 6 rings (SSSR count). The van der Waals surface area contributed by atoms with E-state index in [0.717, 1.165) is 85.3 Å². The summed E-state index contributed by atoms with van der Waals surface area (Å²) in [5.74, 6) is 0.409. The summed E-state index contributed by atoms with van der Waals surface area (Å²) in [5, 5.41) is 23.0. The average molecular weight is 598 g/mol. The van der Waals surface area contributed by atoms with E-state index in [-0.39, 0.29) is 23.5 Å². The van der Waals surface area contributed by atoms with Gasteiger partial charge in [-0.15, -0.1) is 0 Å². The summed E-state index contributed by atoms with van der Waals surface area (Å²) >= 11 is 1.36. The number of fused-ring (bicyclic) bond motifs is 2. The minimum absolute atomic E-state index is 0.198. The Morgan fingerprint density at radius 1 is 1.21 bits per heavy atom. The Morgan fingerprint density at radius 3 is 2.70 bits per heavy atom. The number of imidazole rings is 1. The van der Waals surface area contributed by atoms with Gasteiger partial charge in [0, 0.05) is 30.9 Å². The highest BCUT2D eigenvalue weighted by atomic mass is 32.1. The zero-order valence-electron chi connectivity index (χ0n) is 25.1. The number of aliphatic hydroxyl groups is 1. The number of piperidine rings is 1. The van der Waals surface area contributed by atoms with Gasteiger partial charge >= 0.3 is 0 Å². The van der Waals surface area contributed by atoms with Crippen molar-refractivity contribution in [3.63, 3.8) is 0 Å². The number of aromatic amines is 1. The Labute approximate surface area is 256 Å². The van der Waals surface area contributed by atoms with E-state index in [2.05, 4.69) is 53.1 Å².